The molecule has 0 aliphatic rings. The first kappa shape index (κ1) is 8.08. The van der Waals surface area contributed by atoms with E-state index in [0.717, 1.165) is 12.3 Å². The third-order valence-corrected chi connectivity index (χ3v) is 1.40. The molecular weight excluding hydrogens is 138 g/mol. The van der Waals surface area contributed by atoms with E-state index in [1.165, 1.54) is 5.56 Å². The second-order valence-electron chi connectivity index (χ2n) is 2.52. The molecule has 1 aromatic rings. The summed E-state index contributed by atoms with van der Waals surface area (Å²) in [5, 5.41) is 0. The van der Waals surface area contributed by atoms with Crippen LogP contribution in [0.3, 0.4) is 0 Å². The quantitative estimate of drug-likeness (QED) is 0.677. The summed E-state index contributed by atoms with van der Waals surface area (Å²) in [6.45, 7) is 3.56. The summed E-state index contributed by atoms with van der Waals surface area (Å²) in [5.41, 5.74) is 4.93. The summed E-state index contributed by atoms with van der Waals surface area (Å²) in [6.07, 6.45) is 0. The zero-order valence-corrected chi connectivity index (χ0v) is 6.84. The van der Waals surface area contributed by atoms with Gasteiger partial charge in [-0.2, -0.15) is 0 Å². The Kier molecular flexibility index (Phi) is 2.93. The molecule has 1 rings (SSSR count). The van der Waals surface area contributed by atoms with Crippen LogP contribution in [0.1, 0.15) is 5.56 Å². The van der Waals surface area contributed by atoms with Crippen molar-refractivity contribution in [1.29, 1.82) is 0 Å². The number of hydrogen-bond acceptors (Lipinski definition) is 1. The standard InChI is InChI=1S/C9H13NO/c1-8-3-2-4-9(7-8)11-6-5-10/h2-4,7H,5-6,10H2,1H3/p+1. The zero-order chi connectivity index (χ0) is 8.10. The largest absolute Gasteiger partial charge is 0.488 e. The summed E-state index contributed by atoms with van der Waals surface area (Å²) in [6, 6.07) is 8.03. The molecule has 0 unspecified atom stereocenters. The van der Waals surface area contributed by atoms with Gasteiger partial charge in [0.1, 0.15) is 18.9 Å². The van der Waals surface area contributed by atoms with E-state index >= 15 is 0 Å². The average molecular weight is 152 g/mol. The van der Waals surface area contributed by atoms with Crippen LogP contribution < -0.4 is 10.5 Å². The Morgan fingerprint density at radius 3 is 2.91 bits per heavy atom. The Hall–Kier alpha value is -1.02. The molecule has 0 saturated carbocycles. The second kappa shape index (κ2) is 3.98. The van der Waals surface area contributed by atoms with E-state index in [4.69, 9.17) is 4.74 Å². The Balaban J connectivity index is 2.56. The first-order valence-corrected chi connectivity index (χ1v) is 3.81. The van der Waals surface area contributed by atoms with Crippen LogP contribution in [-0.4, -0.2) is 13.2 Å². The molecule has 11 heavy (non-hydrogen) atoms. The van der Waals surface area contributed by atoms with Gasteiger partial charge in [0.2, 0.25) is 0 Å². The molecule has 0 amide bonds. The fourth-order valence-corrected chi connectivity index (χ4v) is 0.895. The van der Waals surface area contributed by atoms with E-state index in [1.54, 1.807) is 0 Å². The molecule has 0 fully saturated rings. The van der Waals surface area contributed by atoms with Crippen molar-refractivity contribution in [3.8, 4) is 5.75 Å². The molecule has 0 saturated heterocycles. The molecule has 0 heterocycles. The van der Waals surface area contributed by atoms with E-state index < -0.39 is 0 Å². The summed E-state index contributed by atoms with van der Waals surface area (Å²) in [5.74, 6) is 0.939. The Labute approximate surface area is 67.0 Å². The third kappa shape index (κ3) is 2.60. The summed E-state index contributed by atoms with van der Waals surface area (Å²) in [4.78, 5) is 0. The van der Waals surface area contributed by atoms with Gasteiger partial charge in [0, 0.05) is 0 Å². The van der Waals surface area contributed by atoms with Crippen LogP contribution in [0.25, 0.3) is 0 Å². The van der Waals surface area contributed by atoms with E-state index in [-0.39, 0.29) is 0 Å². The van der Waals surface area contributed by atoms with Gasteiger partial charge in [-0.1, -0.05) is 12.1 Å². The van der Waals surface area contributed by atoms with Crippen LogP contribution in [0.5, 0.6) is 5.75 Å². The molecule has 0 aliphatic carbocycles. The maximum Gasteiger partial charge on any atom is 0.137 e. The SMILES string of the molecule is Cc1cccc(OCC[NH3+])c1. The Morgan fingerprint density at radius 2 is 2.27 bits per heavy atom. The van der Waals surface area contributed by atoms with Crippen LogP contribution in [0.15, 0.2) is 24.3 Å². The summed E-state index contributed by atoms with van der Waals surface area (Å²) in [7, 11) is 0. The van der Waals surface area contributed by atoms with Gasteiger partial charge in [0.25, 0.3) is 0 Å². The van der Waals surface area contributed by atoms with Crippen molar-refractivity contribution in [1.82, 2.24) is 0 Å². The normalized spacial score (nSPS) is 9.64. The van der Waals surface area contributed by atoms with E-state index in [9.17, 15) is 0 Å². The maximum atomic E-state index is 5.37. The van der Waals surface area contributed by atoms with Crippen molar-refractivity contribution in [2.45, 2.75) is 6.92 Å². The lowest BCUT2D eigenvalue weighted by molar-refractivity contribution is -0.370. The van der Waals surface area contributed by atoms with Crippen LogP contribution in [0.4, 0.5) is 0 Å². The molecule has 0 aliphatic heterocycles. The molecule has 0 radical (unpaired) electrons. The molecule has 0 atom stereocenters. The van der Waals surface area contributed by atoms with Crippen molar-refractivity contribution in [3.63, 3.8) is 0 Å². The number of hydrogen-bond donors (Lipinski definition) is 1. The number of aryl methyl sites for hydroxylation is 1. The van der Waals surface area contributed by atoms with Gasteiger partial charge in [0.15, 0.2) is 0 Å². The zero-order valence-electron chi connectivity index (χ0n) is 6.84. The number of benzene rings is 1. The molecule has 0 aromatic heterocycles. The molecular formula is C9H14NO+. The van der Waals surface area contributed by atoms with Crippen LogP contribution in [0.2, 0.25) is 0 Å². The molecule has 0 spiro atoms. The summed E-state index contributed by atoms with van der Waals surface area (Å²) < 4.78 is 5.37. The predicted octanol–water partition coefficient (Wildman–Crippen LogP) is 0.616. The lowest BCUT2D eigenvalue weighted by Gasteiger charge is -2.02. The molecule has 2 heteroatoms. The van der Waals surface area contributed by atoms with Gasteiger partial charge in [-0.05, 0) is 24.6 Å². The van der Waals surface area contributed by atoms with Gasteiger partial charge >= 0.3 is 0 Å². The van der Waals surface area contributed by atoms with Gasteiger partial charge in [-0.15, -0.1) is 0 Å². The van der Waals surface area contributed by atoms with E-state index in [0.29, 0.717) is 6.61 Å². The molecule has 0 bridgehead atoms. The third-order valence-electron chi connectivity index (χ3n) is 1.40. The van der Waals surface area contributed by atoms with Crippen LogP contribution in [0, 0.1) is 6.92 Å². The van der Waals surface area contributed by atoms with E-state index in [1.807, 2.05) is 18.2 Å². The fraction of sp³-hybridized carbons (Fsp3) is 0.333. The topological polar surface area (TPSA) is 36.9 Å². The predicted molar refractivity (Wildman–Crippen MR) is 44.4 cm³/mol. The second-order valence-corrected chi connectivity index (χ2v) is 2.52. The lowest BCUT2D eigenvalue weighted by atomic mass is 10.2. The van der Waals surface area contributed by atoms with Crippen LogP contribution >= 0.6 is 0 Å². The van der Waals surface area contributed by atoms with Crippen molar-refractivity contribution in [2.24, 2.45) is 0 Å². The Morgan fingerprint density at radius 1 is 1.45 bits per heavy atom. The average Bonchev–Trinajstić information content (AvgIpc) is 2.01. The highest BCUT2D eigenvalue weighted by Crippen LogP contribution is 2.11. The molecule has 2 nitrogen and oxygen atoms in total. The molecule has 60 valence electrons. The lowest BCUT2D eigenvalue weighted by Crippen LogP contribution is -2.52. The van der Waals surface area contributed by atoms with Gasteiger partial charge < -0.3 is 10.5 Å². The minimum atomic E-state index is 0.698. The highest BCUT2D eigenvalue weighted by Gasteiger charge is 1.91. The first-order chi connectivity index (χ1) is 5.33. The molecule has 3 N–H and O–H groups in total. The highest BCUT2D eigenvalue weighted by atomic mass is 16.5. The Bertz CT molecular complexity index is 223. The monoisotopic (exact) mass is 152 g/mol. The van der Waals surface area contributed by atoms with Crippen molar-refractivity contribution in [2.75, 3.05) is 13.2 Å². The minimum Gasteiger partial charge on any atom is -0.488 e. The smallest absolute Gasteiger partial charge is 0.137 e. The van der Waals surface area contributed by atoms with Gasteiger partial charge in [0.05, 0.1) is 0 Å². The van der Waals surface area contributed by atoms with Crippen molar-refractivity contribution < 1.29 is 10.5 Å². The van der Waals surface area contributed by atoms with Crippen LogP contribution in [-0.2, 0) is 0 Å². The number of ether oxygens (including phenoxy) is 1. The van der Waals surface area contributed by atoms with Crippen molar-refractivity contribution in [3.05, 3.63) is 29.8 Å². The first-order valence-electron chi connectivity index (χ1n) is 3.81. The van der Waals surface area contributed by atoms with Gasteiger partial charge in [-0.3, -0.25) is 0 Å². The number of rotatable bonds is 3. The highest BCUT2D eigenvalue weighted by molar-refractivity contribution is 5.27. The maximum absolute atomic E-state index is 5.37. The van der Waals surface area contributed by atoms with Crippen molar-refractivity contribution >= 4 is 0 Å². The summed E-state index contributed by atoms with van der Waals surface area (Å²) >= 11 is 0. The number of quaternary nitrogens is 1. The van der Waals surface area contributed by atoms with Gasteiger partial charge in [-0.25, -0.2) is 0 Å². The minimum absolute atomic E-state index is 0.698. The molecule has 1 aromatic carbocycles. The van der Waals surface area contributed by atoms with E-state index in [2.05, 4.69) is 18.7 Å². The fourth-order valence-electron chi connectivity index (χ4n) is 0.895.